The van der Waals surface area contributed by atoms with Gasteiger partial charge in [-0.05, 0) is 11.4 Å². The lowest BCUT2D eigenvalue weighted by atomic mass is 10.0. The zero-order chi connectivity index (χ0) is 22.5. The molecule has 2 atom stereocenters. The molecule has 32 heavy (non-hydrogen) atoms. The predicted octanol–water partition coefficient (Wildman–Crippen LogP) is 0.364. The molecule has 3 aliphatic heterocycles. The van der Waals surface area contributed by atoms with Crippen LogP contribution in [0.3, 0.4) is 0 Å². The number of morpholine rings is 1. The van der Waals surface area contributed by atoms with Crippen molar-refractivity contribution in [3.05, 3.63) is 33.7 Å². The van der Waals surface area contributed by atoms with Crippen LogP contribution in [0, 0.1) is 0 Å². The van der Waals surface area contributed by atoms with Gasteiger partial charge in [0.15, 0.2) is 0 Å². The number of fused-ring (bicyclic) bond motifs is 1. The van der Waals surface area contributed by atoms with Crippen LogP contribution in [-0.2, 0) is 30.4 Å². The molecule has 0 aliphatic carbocycles. The number of nitrogens with one attached hydrogen (secondary N) is 1. The molecule has 0 radical (unpaired) electrons. The van der Waals surface area contributed by atoms with E-state index < -0.39 is 23.3 Å². The third-order valence-corrected chi connectivity index (χ3v) is 7.50. The van der Waals surface area contributed by atoms with E-state index >= 15 is 0 Å². The predicted molar refractivity (Wildman–Crippen MR) is 119 cm³/mol. The first-order chi connectivity index (χ1) is 15.5. The van der Waals surface area contributed by atoms with E-state index in [4.69, 9.17) is 9.57 Å². The highest BCUT2D eigenvalue weighted by atomic mass is 32.2. The summed E-state index contributed by atoms with van der Waals surface area (Å²) in [6.07, 6.45) is 1.56. The largest absolute Gasteiger partial charge is 0.477 e. The van der Waals surface area contributed by atoms with Crippen molar-refractivity contribution < 1.29 is 29.1 Å². The van der Waals surface area contributed by atoms with E-state index in [1.54, 1.807) is 0 Å². The van der Waals surface area contributed by atoms with Gasteiger partial charge in [-0.15, -0.1) is 23.1 Å². The van der Waals surface area contributed by atoms with E-state index in [0.717, 1.165) is 18.0 Å². The average molecular weight is 481 g/mol. The van der Waals surface area contributed by atoms with Gasteiger partial charge in [0.2, 0.25) is 5.91 Å². The second kappa shape index (κ2) is 10.5. The number of rotatable bonds is 9. The number of amides is 2. The number of carboxylic acids is 1. The van der Waals surface area contributed by atoms with Crippen LogP contribution < -0.4 is 5.32 Å². The second-order valence-corrected chi connectivity index (χ2v) is 9.55. The standard InChI is InChI=1S/C20H24N4O6S2/c25-15(10-14-2-1-9-31-14)22-16-18(26)24-17(20(27)28)13(12-32-19(16)24)11-21-30-8-5-23-3-6-29-7-4-23/h1-2,9,11,16,19H,3-8,10,12H2,(H,22,25)(H,27,28)/b21-11+/t16-,19-/m1/s1. The molecule has 3 aliphatic rings. The van der Waals surface area contributed by atoms with E-state index in [1.165, 1.54) is 34.2 Å². The molecular formula is C20H24N4O6S2. The number of β-lactam (4-membered cyclic amide) rings is 1. The maximum atomic E-state index is 12.7. The van der Waals surface area contributed by atoms with E-state index in [0.29, 0.717) is 37.7 Å². The normalized spacial score (nSPS) is 23.8. The summed E-state index contributed by atoms with van der Waals surface area (Å²) in [4.78, 5) is 46.4. The van der Waals surface area contributed by atoms with Crippen molar-refractivity contribution in [1.82, 2.24) is 15.1 Å². The average Bonchev–Trinajstić information content (AvgIpc) is 3.30. The van der Waals surface area contributed by atoms with Crippen molar-refractivity contribution in [2.75, 3.05) is 45.2 Å². The van der Waals surface area contributed by atoms with Crippen molar-refractivity contribution in [2.45, 2.75) is 17.8 Å². The maximum absolute atomic E-state index is 12.7. The number of oxime groups is 1. The lowest BCUT2D eigenvalue weighted by Crippen LogP contribution is -2.70. The van der Waals surface area contributed by atoms with Gasteiger partial charge in [0.25, 0.3) is 5.91 Å². The lowest BCUT2D eigenvalue weighted by molar-refractivity contribution is -0.150. The number of nitrogens with zero attached hydrogens (tertiary/aromatic N) is 3. The summed E-state index contributed by atoms with van der Waals surface area (Å²) < 4.78 is 5.29. The molecule has 0 aromatic carbocycles. The molecule has 4 heterocycles. The van der Waals surface area contributed by atoms with Gasteiger partial charge in [-0.2, -0.15) is 0 Å². The molecule has 2 saturated heterocycles. The van der Waals surface area contributed by atoms with Crippen LogP contribution in [0.15, 0.2) is 33.9 Å². The van der Waals surface area contributed by atoms with Crippen LogP contribution in [0.5, 0.6) is 0 Å². The Morgan fingerprint density at radius 2 is 2.19 bits per heavy atom. The van der Waals surface area contributed by atoms with E-state index in [2.05, 4.69) is 15.4 Å². The molecule has 2 amide bonds. The molecule has 0 saturated carbocycles. The third-order valence-electron chi connectivity index (χ3n) is 5.32. The van der Waals surface area contributed by atoms with Crippen LogP contribution in [0.1, 0.15) is 4.88 Å². The molecule has 0 unspecified atom stereocenters. The Labute approximate surface area is 193 Å². The quantitative estimate of drug-likeness (QED) is 0.225. The molecule has 12 heteroatoms. The summed E-state index contributed by atoms with van der Waals surface area (Å²) in [6.45, 7) is 4.19. The van der Waals surface area contributed by atoms with E-state index in [1.807, 2.05) is 17.5 Å². The monoisotopic (exact) mass is 480 g/mol. The number of thioether (sulfide) groups is 1. The van der Waals surface area contributed by atoms with Crippen LogP contribution in [0.4, 0.5) is 0 Å². The fourth-order valence-corrected chi connectivity index (χ4v) is 5.69. The maximum Gasteiger partial charge on any atom is 0.353 e. The molecule has 1 aromatic rings. The molecular weight excluding hydrogens is 456 g/mol. The Bertz CT molecular complexity index is 913. The fourth-order valence-electron chi connectivity index (χ4n) is 3.69. The van der Waals surface area contributed by atoms with Gasteiger partial charge in [0, 0.05) is 35.8 Å². The number of aliphatic carboxylic acids is 1. The first kappa shape index (κ1) is 22.8. The number of hydrogen-bond donors (Lipinski definition) is 2. The topological polar surface area (TPSA) is 121 Å². The minimum Gasteiger partial charge on any atom is -0.477 e. The Hall–Kier alpha value is -2.41. The number of hydrogen-bond acceptors (Lipinski definition) is 9. The van der Waals surface area contributed by atoms with Gasteiger partial charge >= 0.3 is 5.97 Å². The number of carboxylic acid groups (broad SMARTS) is 1. The van der Waals surface area contributed by atoms with Gasteiger partial charge in [-0.3, -0.25) is 19.4 Å². The number of thiophene rings is 1. The first-order valence-corrected chi connectivity index (χ1v) is 12.2. The van der Waals surface area contributed by atoms with Crippen LogP contribution in [-0.4, -0.2) is 95.5 Å². The molecule has 4 rings (SSSR count). The van der Waals surface area contributed by atoms with Crippen LogP contribution >= 0.6 is 23.1 Å². The number of ether oxygens (including phenoxy) is 1. The smallest absolute Gasteiger partial charge is 0.353 e. The van der Waals surface area contributed by atoms with Gasteiger partial charge in [-0.25, -0.2) is 4.79 Å². The van der Waals surface area contributed by atoms with Gasteiger partial charge in [0.1, 0.15) is 23.7 Å². The molecule has 172 valence electrons. The summed E-state index contributed by atoms with van der Waals surface area (Å²) in [5.74, 6) is -1.54. The van der Waals surface area contributed by atoms with Crippen molar-refractivity contribution in [2.24, 2.45) is 5.16 Å². The van der Waals surface area contributed by atoms with Crippen LogP contribution in [0.2, 0.25) is 0 Å². The molecule has 10 nitrogen and oxygen atoms in total. The van der Waals surface area contributed by atoms with Crippen molar-refractivity contribution in [1.29, 1.82) is 0 Å². The summed E-state index contributed by atoms with van der Waals surface area (Å²) in [6, 6.07) is 2.99. The summed E-state index contributed by atoms with van der Waals surface area (Å²) in [5.41, 5.74) is 0.296. The Kier molecular flexibility index (Phi) is 7.45. The molecule has 0 bridgehead atoms. The van der Waals surface area contributed by atoms with Crippen LogP contribution in [0.25, 0.3) is 0 Å². The molecule has 2 N–H and O–H groups in total. The number of carbonyl (C=O) groups excluding carboxylic acids is 2. The molecule has 2 fully saturated rings. The third kappa shape index (κ3) is 5.14. The van der Waals surface area contributed by atoms with Crippen molar-refractivity contribution >= 4 is 47.1 Å². The van der Waals surface area contributed by atoms with Gasteiger partial charge in [-0.1, -0.05) is 11.2 Å². The Morgan fingerprint density at radius 1 is 1.38 bits per heavy atom. The zero-order valence-corrected chi connectivity index (χ0v) is 18.9. The van der Waals surface area contributed by atoms with Gasteiger partial charge < -0.3 is 20.0 Å². The summed E-state index contributed by atoms with van der Waals surface area (Å²) >= 11 is 2.86. The highest BCUT2D eigenvalue weighted by molar-refractivity contribution is 8.00. The highest BCUT2D eigenvalue weighted by Gasteiger charge is 2.54. The second-order valence-electron chi connectivity index (χ2n) is 7.41. The highest BCUT2D eigenvalue weighted by Crippen LogP contribution is 2.39. The first-order valence-electron chi connectivity index (χ1n) is 10.2. The summed E-state index contributed by atoms with van der Waals surface area (Å²) in [7, 11) is 0. The Morgan fingerprint density at radius 3 is 2.91 bits per heavy atom. The minimum absolute atomic E-state index is 0.108. The van der Waals surface area contributed by atoms with Crippen molar-refractivity contribution in [3.8, 4) is 0 Å². The number of carbonyl (C=O) groups is 3. The van der Waals surface area contributed by atoms with E-state index in [-0.39, 0.29) is 18.0 Å². The Balaban J connectivity index is 1.33. The molecule has 0 spiro atoms. The molecule has 1 aromatic heterocycles. The lowest BCUT2D eigenvalue weighted by Gasteiger charge is -2.49. The van der Waals surface area contributed by atoms with Gasteiger partial charge in [0.05, 0.1) is 25.8 Å². The van der Waals surface area contributed by atoms with Crippen molar-refractivity contribution in [3.63, 3.8) is 0 Å². The minimum atomic E-state index is -1.21. The summed E-state index contributed by atoms with van der Waals surface area (Å²) in [5, 5.41) is 17.8. The zero-order valence-electron chi connectivity index (χ0n) is 17.3. The van der Waals surface area contributed by atoms with E-state index in [9.17, 15) is 19.5 Å². The SMILES string of the molecule is O=C(Cc1cccs1)N[C@@H]1C(=O)N2C(C(=O)O)=C(/C=N/OCCN3CCOCC3)CS[C@H]12. The fraction of sp³-hybridized carbons (Fsp3) is 0.500.